The fourth-order valence-corrected chi connectivity index (χ4v) is 2.49. The van der Waals surface area contributed by atoms with Gasteiger partial charge in [0, 0.05) is 0 Å². The normalized spacial score (nSPS) is 11.3. The number of hydrogen-bond donors (Lipinski definition) is 1. The van der Waals surface area contributed by atoms with Gasteiger partial charge < -0.3 is 4.74 Å². The molecule has 2 aromatic carbocycles. The van der Waals surface area contributed by atoms with E-state index in [9.17, 15) is 0 Å². The van der Waals surface area contributed by atoms with Gasteiger partial charge >= 0.3 is 0 Å². The smallest absolute Gasteiger partial charge is 0.216 e. The van der Waals surface area contributed by atoms with Gasteiger partial charge in [0.15, 0.2) is 5.82 Å². The Balaban J connectivity index is 1.74. The number of H-pyrrole nitrogens is 1. The zero-order chi connectivity index (χ0) is 17.6. The van der Waals surface area contributed by atoms with E-state index in [4.69, 9.17) is 17.0 Å². The van der Waals surface area contributed by atoms with Crippen molar-refractivity contribution in [2.24, 2.45) is 5.10 Å². The summed E-state index contributed by atoms with van der Waals surface area (Å²) in [6, 6.07) is 17.9. The maximum absolute atomic E-state index is 5.72. The Hall–Kier alpha value is -2.73. The molecule has 0 spiro atoms. The van der Waals surface area contributed by atoms with E-state index in [2.05, 4.69) is 41.3 Å². The van der Waals surface area contributed by atoms with Crippen LogP contribution in [0.2, 0.25) is 0 Å². The average molecular weight is 352 g/mol. The third kappa shape index (κ3) is 4.42. The van der Waals surface area contributed by atoms with Gasteiger partial charge in [0.25, 0.3) is 0 Å². The standard InChI is InChI=1S/C19H20N4OS/c1-14(2)16-10-8-15(9-11-16)12-20-23-18(21-22-19(23)25)13-24-17-6-4-3-5-7-17/h3-12,14H,13H2,1-2H3,(H,22,25). The second kappa shape index (κ2) is 7.90. The van der Waals surface area contributed by atoms with E-state index >= 15 is 0 Å². The molecule has 1 N–H and O–H groups in total. The van der Waals surface area contributed by atoms with Crippen LogP contribution in [0.1, 0.15) is 36.7 Å². The van der Waals surface area contributed by atoms with Gasteiger partial charge in [-0.05, 0) is 41.4 Å². The van der Waals surface area contributed by atoms with Gasteiger partial charge in [0.1, 0.15) is 12.4 Å². The van der Waals surface area contributed by atoms with Crippen LogP contribution in [0.25, 0.3) is 0 Å². The zero-order valence-corrected chi connectivity index (χ0v) is 15.0. The van der Waals surface area contributed by atoms with E-state index in [0.717, 1.165) is 11.3 Å². The monoisotopic (exact) mass is 352 g/mol. The molecule has 0 amide bonds. The van der Waals surface area contributed by atoms with E-state index in [0.29, 0.717) is 16.5 Å². The van der Waals surface area contributed by atoms with E-state index in [1.807, 2.05) is 42.5 Å². The SMILES string of the molecule is CC(C)c1ccc(C=Nn2c(COc3ccccc3)n[nH]c2=S)cc1. The molecule has 0 aliphatic heterocycles. The summed E-state index contributed by atoms with van der Waals surface area (Å²) < 4.78 is 7.73. The maximum atomic E-state index is 5.72. The van der Waals surface area contributed by atoms with Crippen LogP contribution in [0.3, 0.4) is 0 Å². The second-order valence-corrected chi connectivity index (χ2v) is 6.31. The zero-order valence-electron chi connectivity index (χ0n) is 14.2. The lowest BCUT2D eigenvalue weighted by Gasteiger charge is -2.05. The van der Waals surface area contributed by atoms with Crippen molar-refractivity contribution < 1.29 is 4.74 Å². The molecule has 0 saturated heterocycles. The number of hydrogen-bond acceptors (Lipinski definition) is 4. The van der Waals surface area contributed by atoms with Crippen molar-refractivity contribution in [1.82, 2.24) is 14.9 Å². The first kappa shape index (κ1) is 17.1. The molecule has 128 valence electrons. The Bertz CT molecular complexity index is 895. The van der Waals surface area contributed by atoms with Crippen molar-refractivity contribution in [2.75, 3.05) is 0 Å². The highest BCUT2D eigenvalue weighted by Crippen LogP contribution is 2.14. The number of nitrogens with one attached hydrogen (secondary N) is 1. The van der Waals surface area contributed by atoms with Gasteiger partial charge in [-0.2, -0.15) is 14.9 Å². The minimum Gasteiger partial charge on any atom is -0.486 e. The van der Waals surface area contributed by atoms with Gasteiger partial charge in [0.05, 0.1) is 6.21 Å². The fourth-order valence-electron chi connectivity index (χ4n) is 2.29. The molecule has 0 fully saturated rings. The van der Waals surface area contributed by atoms with Gasteiger partial charge in [-0.1, -0.05) is 56.3 Å². The number of nitrogens with zero attached hydrogens (tertiary/aromatic N) is 3. The molecule has 3 aromatic rings. The molecule has 1 aromatic heterocycles. The van der Waals surface area contributed by atoms with Crippen molar-refractivity contribution in [1.29, 1.82) is 0 Å². The topological polar surface area (TPSA) is 55.2 Å². The Morgan fingerprint density at radius 3 is 2.56 bits per heavy atom. The van der Waals surface area contributed by atoms with Gasteiger partial charge in [-0.15, -0.1) is 0 Å². The summed E-state index contributed by atoms with van der Waals surface area (Å²) in [6.45, 7) is 4.63. The van der Waals surface area contributed by atoms with Gasteiger partial charge in [-0.3, -0.25) is 0 Å². The summed E-state index contributed by atoms with van der Waals surface area (Å²) in [5, 5.41) is 11.4. The minimum absolute atomic E-state index is 0.279. The Morgan fingerprint density at radius 1 is 1.16 bits per heavy atom. The van der Waals surface area contributed by atoms with Crippen LogP contribution in [-0.2, 0) is 6.61 Å². The average Bonchev–Trinajstić information content (AvgIpc) is 2.99. The highest BCUT2D eigenvalue weighted by Gasteiger charge is 2.06. The van der Waals surface area contributed by atoms with Gasteiger partial charge in [-0.25, -0.2) is 5.10 Å². The summed E-state index contributed by atoms with van der Waals surface area (Å²) in [5.74, 6) is 1.90. The van der Waals surface area contributed by atoms with Crippen LogP contribution in [0.15, 0.2) is 59.7 Å². The summed E-state index contributed by atoms with van der Waals surface area (Å²) in [6.07, 6.45) is 1.77. The minimum atomic E-state index is 0.279. The lowest BCUT2D eigenvalue weighted by atomic mass is 10.0. The molecule has 1 heterocycles. The number of para-hydroxylation sites is 1. The molecule has 0 aliphatic carbocycles. The molecule has 6 heteroatoms. The van der Waals surface area contributed by atoms with Crippen LogP contribution >= 0.6 is 12.2 Å². The van der Waals surface area contributed by atoms with Crippen LogP contribution in [0.5, 0.6) is 5.75 Å². The molecule has 25 heavy (non-hydrogen) atoms. The lowest BCUT2D eigenvalue weighted by Crippen LogP contribution is -2.04. The Labute approximate surface area is 152 Å². The Morgan fingerprint density at radius 2 is 1.88 bits per heavy atom. The predicted octanol–water partition coefficient (Wildman–Crippen LogP) is 4.53. The van der Waals surface area contributed by atoms with E-state index in [1.165, 1.54) is 5.56 Å². The third-order valence-electron chi connectivity index (χ3n) is 3.75. The van der Waals surface area contributed by atoms with Crippen LogP contribution < -0.4 is 4.74 Å². The second-order valence-electron chi connectivity index (χ2n) is 5.92. The number of aromatic nitrogens is 3. The van der Waals surface area contributed by atoms with Crippen LogP contribution in [0, 0.1) is 4.77 Å². The number of benzene rings is 2. The third-order valence-corrected chi connectivity index (χ3v) is 4.02. The number of rotatable bonds is 6. The van der Waals surface area contributed by atoms with Crippen molar-refractivity contribution in [3.63, 3.8) is 0 Å². The molecular weight excluding hydrogens is 332 g/mol. The van der Waals surface area contributed by atoms with E-state index < -0.39 is 0 Å². The first-order chi connectivity index (χ1) is 12.1. The van der Waals surface area contributed by atoms with Crippen molar-refractivity contribution in [3.05, 3.63) is 76.3 Å². The largest absolute Gasteiger partial charge is 0.486 e. The van der Waals surface area contributed by atoms with Crippen LogP contribution in [-0.4, -0.2) is 21.1 Å². The number of ether oxygens (including phenoxy) is 1. The molecule has 0 saturated carbocycles. The molecular formula is C19H20N4OS. The molecule has 0 atom stereocenters. The molecule has 0 radical (unpaired) electrons. The predicted molar refractivity (Wildman–Crippen MR) is 102 cm³/mol. The first-order valence-corrected chi connectivity index (χ1v) is 8.53. The highest BCUT2D eigenvalue weighted by molar-refractivity contribution is 7.71. The maximum Gasteiger partial charge on any atom is 0.216 e. The van der Waals surface area contributed by atoms with E-state index in [1.54, 1.807) is 10.9 Å². The van der Waals surface area contributed by atoms with Gasteiger partial charge in [0.2, 0.25) is 4.77 Å². The molecule has 0 bridgehead atoms. The number of aromatic amines is 1. The van der Waals surface area contributed by atoms with Crippen molar-refractivity contribution in [2.45, 2.75) is 26.4 Å². The molecule has 0 unspecified atom stereocenters. The fraction of sp³-hybridized carbons (Fsp3) is 0.211. The van der Waals surface area contributed by atoms with Crippen molar-refractivity contribution in [3.8, 4) is 5.75 Å². The molecule has 0 aliphatic rings. The van der Waals surface area contributed by atoms with Crippen LogP contribution in [0.4, 0.5) is 0 Å². The summed E-state index contributed by atoms with van der Waals surface area (Å²) in [4.78, 5) is 0. The quantitative estimate of drug-likeness (QED) is 0.524. The summed E-state index contributed by atoms with van der Waals surface area (Å²) >= 11 is 5.25. The first-order valence-electron chi connectivity index (χ1n) is 8.12. The Kier molecular flexibility index (Phi) is 5.40. The lowest BCUT2D eigenvalue weighted by molar-refractivity contribution is 0.290. The summed E-state index contributed by atoms with van der Waals surface area (Å²) in [5.41, 5.74) is 2.30. The van der Waals surface area contributed by atoms with E-state index in [-0.39, 0.29) is 6.61 Å². The van der Waals surface area contributed by atoms with Crippen molar-refractivity contribution >= 4 is 18.4 Å². The molecule has 3 rings (SSSR count). The summed E-state index contributed by atoms with van der Waals surface area (Å²) in [7, 11) is 0. The highest BCUT2D eigenvalue weighted by atomic mass is 32.1. The molecule has 5 nitrogen and oxygen atoms in total.